The Morgan fingerprint density at radius 2 is 1.69 bits per heavy atom. The SMILES string of the molecule is CCn1c(=O)n(CC)c2cc(-c3c(N)nn(CC(=O)OC(C)(C)C)c3-c3cccc(C)c3)ccc21. The van der Waals surface area contributed by atoms with Gasteiger partial charge in [-0.15, -0.1) is 0 Å². The van der Waals surface area contributed by atoms with Gasteiger partial charge in [0.05, 0.1) is 22.3 Å². The highest BCUT2D eigenvalue weighted by molar-refractivity contribution is 5.93. The molecule has 8 nitrogen and oxygen atoms in total. The second kappa shape index (κ2) is 9.09. The number of nitrogens with zero attached hydrogens (tertiary/aromatic N) is 4. The van der Waals surface area contributed by atoms with Crippen molar-refractivity contribution in [1.29, 1.82) is 0 Å². The van der Waals surface area contributed by atoms with Crippen molar-refractivity contribution >= 4 is 22.8 Å². The normalized spacial score (nSPS) is 11.8. The summed E-state index contributed by atoms with van der Waals surface area (Å²) in [6.07, 6.45) is 0. The van der Waals surface area contributed by atoms with Crippen molar-refractivity contribution in [3.05, 3.63) is 58.5 Å². The van der Waals surface area contributed by atoms with Crippen molar-refractivity contribution in [3.8, 4) is 22.4 Å². The van der Waals surface area contributed by atoms with Crippen molar-refractivity contribution in [2.45, 2.75) is 66.8 Å². The summed E-state index contributed by atoms with van der Waals surface area (Å²) in [6.45, 7) is 12.5. The number of hydrogen-bond donors (Lipinski definition) is 1. The first-order valence-corrected chi connectivity index (χ1v) is 11.9. The lowest BCUT2D eigenvalue weighted by Crippen LogP contribution is -2.27. The lowest BCUT2D eigenvalue weighted by molar-refractivity contribution is -0.155. The Morgan fingerprint density at radius 3 is 2.31 bits per heavy atom. The van der Waals surface area contributed by atoms with Gasteiger partial charge in [0.2, 0.25) is 0 Å². The molecule has 0 atom stereocenters. The molecule has 184 valence electrons. The molecule has 0 aliphatic heterocycles. The first-order valence-electron chi connectivity index (χ1n) is 11.9. The van der Waals surface area contributed by atoms with E-state index in [9.17, 15) is 9.59 Å². The van der Waals surface area contributed by atoms with Crippen LogP contribution in [0.4, 0.5) is 5.82 Å². The quantitative estimate of drug-likeness (QED) is 0.411. The predicted molar refractivity (Wildman–Crippen MR) is 139 cm³/mol. The topological polar surface area (TPSA) is 97.1 Å². The van der Waals surface area contributed by atoms with Gasteiger partial charge in [-0.1, -0.05) is 29.8 Å². The first-order chi connectivity index (χ1) is 16.5. The second-order valence-corrected chi connectivity index (χ2v) is 9.70. The molecule has 0 saturated carbocycles. The monoisotopic (exact) mass is 475 g/mol. The van der Waals surface area contributed by atoms with Gasteiger partial charge < -0.3 is 10.5 Å². The molecule has 0 radical (unpaired) electrons. The zero-order chi connectivity index (χ0) is 25.5. The summed E-state index contributed by atoms with van der Waals surface area (Å²) in [5.74, 6) is -0.0829. The number of rotatable bonds is 6. The van der Waals surface area contributed by atoms with Crippen LogP contribution >= 0.6 is 0 Å². The zero-order valence-corrected chi connectivity index (χ0v) is 21.3. The Morgan fingerprint density at radius 1 is 1.00 bits per heavy atom. The van der Waals surface area contributed by atoms with E-state index < -0.39 is 11.6 Å². The lowest BCUT2D eigenvalue weighted by atomic mass is 9.99. The van der Waals surface area contributed by atoms with Gasteiger partial charge in [-0.05, 0) is 65.3 Å². The van der Waals surface area contributed by atoms with Crippen LogP contribution in [0.1, 0.15) is 40.2 Å². The number of hydrogen-bond acceptors (Lipinski definition) is 5. The smallest absolute Gasteiger partial charge is 0.329 e. The van der Waals surface area contributed by atoms with Gasteiger partial charge in [-0.25, -0.2) is 4.79 Å². The number of aryl methyl sites for hydroxylation is 3. The van der Waals surface area contributed by atoms with E-state index in [1.807, 2.05) is 84.0 Å². The van der Waals surface area contributed by atoms with Gasteiger partial charge in [0.15, 0.2) is 5.82 Å². The number of nitrogens with two attached hydrogens (primary N) is 1. The fourth-order valence-electron chi connectivity index (χ4n) is 4.55. The molecular formula is C27H33N5O3. The maximum atomic E-state index is 12.9. The van der Waals surface area contributed by atoms with Gasteiger partial charge in [0.25, 0.3) is 0 Å². The number of anilines is 1. The number of fused-ring (bicyclic) bond motifs is 1. The van der Waals surface area contributed by atoms with Gasteiger partial charge in [-0.3, -0.25) is 18.6 Å². The van der Waals surface area contributed by atoms with Gasteiger partial charge in [0.1, 0.15) is 12.1 Å². The lowest BCUT2D eigenvalue weighted by Gasteiger charge is -2.20. The number of benzene rings is 2. The summed E-state index contributed by atoms with van der Waals surface area (Å²) < 4.78 is 10.7. The minimum Gasteiger partial charge on any atom is -0.459 e. The summed E-state index contributed by atoms with van der Waals surface area (Å²) >= 11 is 0. The van der Waals surface area contributed by atoms with Gasteiger partial charge in [0, 0.05) is 18.7 Å². The van der Waals surface area contributed by atoms with Crippen molar-refractivity contribution in [2.24, 2.45) is 0 Å². The van der Waals surface area contributed by atoms with Crippen molar-refractivity contribution in [1.82, 2.24) is 18.9 Å². The van der Waals surface area contributed by atoms with Crippen molar-refractivity contribution < 1.29 is 9.53 Å². The molecule has 0 spiro atoms. The van der Waals surface area contributed by atoms with Crippen LogP contribution < -0.4 is 11.4 Å². The highest BCUT2D eigenvalue weighted by Crippen LogP contribution is 2.38. The predicted octanol–water partition coefficient (Wildman–Crippen LogP) is 4.61. The molecule has 4 aromatic rings. The molecule has 0 bridgehead atoms. The van der Waals surface area contributed by atoms with Gasteiger partial charge >= 0.3 is 11.7 Å². The molecule has 8 heteroatoms. The maximum Gasteiger partial charge on any atom is 0.329 e. The van der Waals surface area contributed by atoms with Crippen molar-refractivity contribution in [3.63, 3.8) is 0 Å². The number of imidazole rings is 1. The van der Waals surface area contributed by atoms with Crippen LogP contribution in [0.3, 0.4) is 0 Å². The van der Waals surface area contributed by atoms with E-state index in [2.05, 4.69) is 5.10 Å². The molecule has 0 saturated heterocycles. The third-order valence-corrected chi connectivity index (χ3v) is 5.91. The Balaban J connectivity index is 1.94. The zero-order valence-electron chi connectivity index (χ0n) is 21.3. The van der Waals surface area contributed by atoms with E-state index in [1.165, 1.54) is 0 Å². The van der Waals surface area contributed by atoms with E-state index >= 15 is 0 Å². The Bertz CT molecular complexity index is 1470. The number of aromatic nitrogens is 4. The molecule has 2 heterocycles. The summed E-state index contributed by atoms with van der Waals surface area (Å²) in [5, 5.41) is 4.54. The summed E-state index contributed by atoms with van der Waals surface area (Å²) in [6, 6.07) is 13.9. The second-order valence-electron chi connectivity index (χ2n) is 9.70. The average molecular weight is 476 g/mol. The standard InChI is InChI=1S/C27H33N5O3/c1-7-30-20-13-12-18(15-21(20)31(8-2)26(30)34)23-24(19-11-9-10-17(3)14-19)32(29-25(23)28)16-22(33)35-27(4,5)6/h9-15H,7-8,16H2,1-6H3,(H2,28,29). The van der Waals surface area contributed by atoms with Gasteiger partial charge in [-0.2, -0.15) is 5.10 Å². The van der Waals surface area contributed by atoms with E-state index in [4.69, 9.17) is 10.5 Å². The first kappa shape index (κ1) is 24.3. The van der Waals surface area contributed by atoms with Crippen LogP contribution in [0.15, 0.2) is 47.3 Å². The molecular weight excluding hydrogens is 442 g/mol. The molecule has 2 aromatic heterocycles. The molecule has 0 aliphatic carbocycles. The minimum atomic E-state index is -0.608. The number of ether oxygens (including phenoxy) is 1. The van der Waals surface area contributed by atoms with Crippen LogP contribution in [0, 0.1) is 6.92 Å². The Kier molecular flexibility index (Phi) is 6.32. The van der Waals surface area contributed by atoms with Crippen LogP contribution in [0.5, 0.6) is 0 Å². The molecule has 0 aliphatic rings. The molecule has 0 amide bonds. The number of carbonyl (C=O) groups excluding carboxylic acids is 1. The van der Waals surface area contributed by atoms with Crippen LogP contribution in [-0.4, -0.2) is 30.5 Å². The summed E-state index contributed by atoms with van der Waals surface area (Å²) in [4.78, 5) is 25.6. The van der Waals surface area contributed by atoms with E-state index in [1.54, 1.807) is 13.8 Å². The highest BCUT2D eigenvalue weighted by atomic mass is 16.6. The van der Waals surface area contributed by atoms with E-state index in [-0.39, 0.29) is 12.2 Å². The number of esters is 1. The third kappa shape index (κ3) is 4.60. The largest absolute Gasteiger partial charge is 0.459 e. The molecule has 2 N–H and O–H groups in total. The van der Waals surface area contributed by atoms with E-state index in [0.29, 0.717) is 18.9 Å². The molecule has 35 heavy (non-hydrogen) atoms. The fraction of sp³-hybridized carbons (Fsp3) is 0.370. The fourth-order valence-corrected chi connectivity index (χ4v) is 4.55. The average Bonchev–Trinajstić information content (AvgIpc) is 3.23. The molecule has 4 rings (SSSR count). The minimum absolute atomic E-state index is 0.0327. The van der Waals surface area contributed by atoms with E-state index in [0.717, 1.165) is 39.0 Å². The van der Waals surface area contributed by atoms with Crippen LogP contribution in [-0.2, 0) is 29.2 Å². The Labute approximate surface area is 204 Å². The van der Waals surface area contributed by atoms with Crippen LogP contribution in [0.25, 0.3) is 33.4 Å². The van der Waals surface area contributed by atoms with Crippen molar-refractivity contribution in [2.75, 3.05) is 5.73 Å². The molecule has 0 unspecified atom stereocenters. The number of carbonyl (C=O) groups is 1. The summed E-state index contributed by atoms with van der Waals surface area (Å²) in [5.41, 5.74) is 11.8. The molecule has 2 aromatic carbocycles. The maximum absolute atomic E-state index is 12.9. The Hall–Kier alpha value is -3.81. The van der Waals surface area contributed by atoms with Crippen LogP contribution in [0.2, 0.25) is 0 Å². The third-order valence-electron chi connectivity index (χ3n) is 5.91. The molecule has 0 fully saturated rings. The highest BCUT2D eigenvalue weighted by Gasteiger charge is 2.24. The summed E-state index contributed by atoms with van der Waals surface area (Å²) in [7, 11) is 0. The number of nitrogen functional groups attached to an aromatic ring is 1.